The second-order valence-corrected chi connectivity index (χ2v) is 6.81. The van der Waals surface area contributed by atoms with E-state index in [2.05, 4.69) is 4.98 Å². The lowest BCUT2D eigenvalue weighted by Crippen LogP contribution is -2.51. The molecular weight excluding hydrogens is 282 g/mol. The van der Waals surface area contributed by atoms with E-state index in [0.717, 1.165) is 0 Å². The Morgan fingerprint density at radius 2 is 2.25 bits per heavy atom. The molecule has 0 saturated carbocycles. The van der Waals surface area contributed by atoms with Gasteiger partial charge in [-0.05, 0) is 20.8 Å². The Morgan fingerprint density at radius 3 is 2.80 bits per heavy atom. The average Bonchev–Trinajstić information content (AvgIpc) is 2.81. The molecule has 1 saturated heterocycles. The number of hydrogen-bond acceptors (Lipinski definition) is 5. The van der Waals surface area contributed by atoms with Gasteiger partial charge in [-0.2, -0.15) is 4.31 Å². The molecule has 0 bridgehead atoms. The van der Waals surface area contributed by atoms with Crippen LogP contribution >= 0.6 is 0 Å². The molecule has 0 radical (unpaired) electrons. The van der Waals surface area contributed by atoms with Crippen molar-refractivity contribution >= 4 is 10.0 Å². The Morgan fingerprint density at radius 1 is 1.55 bits per heavy atom. The van der Waals surface area contributed by atoms with Crippen LogP contribution in [0.2, 0.25) is 0 Å². The molecule has 1 aromatic heterocycles. The topological polar surface area (TPSA) is 84.7 Å². The van der Waals surface area contributed by atoms with Crippen molar-refractivity contribution < 1.29 is 18.3 Å². The van der Waals surface area contributed by atoms with Crippen LogP contribution in [0, 0.1) is 6.92 Å². The van der Waals surface area contributed by atoms with Crippen LogP contribution in [0.25, 0.3) is 0 Å². The quantitative estimate of drug-likeness (QED) is 0.845. The summed E-state index contributed by atoms with van der Waals surface area (Å²) < 4.78 is 33.8. The maximum absolute atomic E-state index is 12.7. The largest absolute Gasteiger partial charge is 0.394 e. The van der Waals surface area contributed by atoms with Gasteiger partial charge in [-0.15, -0.1) is 0 Å². The van der Waals surface area contributed by atoms with Crippen molar-refractivity contribution in [2.45, 2.75) is 44.5 Å². The number of nitrogens with zero attached hydrogens (tertiary/aromatic N) is 3. The number of rotatable bonds is 4. The van der Waals surface area contributed by atoms with E-state index in [1.54, 1.807) is 24.6 Å². The lowest BCUT2D eigenvalue weighted by Gasteiger charge is -2.35. The van der Waals surface area contributed by atoms with Gasteiger partial charge >= 0.3 is 0 Å². The molecule has 0 spiro atoms. The number of sulfonamides is 1. The fourth-order valence-electron chi connectivity index (χ4n) is 2.28. The fraction of sp³-hybridized carbons (Fsp3) is 0.750. The zero-order chi connectivity index (χ0) is 14.9. The molecule has 114 valence electrons. The number of ether oxygens (including phenoxy) is 1. The Bertz CT molecular complexity index is 569. The van der Waals surface area contributed by atoms with Crippen LogP contribution in [0.5, 0.6) is 0 Å². The molecular formula is C12H21N3O4S. The van der Waals surface area contributed by atoms with Crippen molar-refractivity contribution in [3.05, 3.63) is 12.0 Å². The lowest BCUT2D eigenvalue weighted by atomic mass is 10.2. The van der Waals surface area contributed by atoms with E-state index in [9.17, 15) is 8.42 Å². The van der Waals surface area contributed by atoms with Crippen LogP contribution in [0.15, 0.2) is 11.2 Å². The van der Waals surface area contributed by atoms with E-state index < -0.39 is 16.1 Å². The third kappa shape index (κ3) is 2.73. The van der Waals surface area contributed by atoms with E-state index in [0.29, 0.717) is 12.4 Å². The maximum Gasteiger partial charge on any atom is 0.262 e. The Hall–Kier alpha value is -0.960. The molecule has 1 aliphatic rings. The Labute approximate surface area is 119 Å². The molecule has 20 heavy (non-hydrogen) atoms. The molecule has 2 unspecified atom stereocenters. The van der Waals surface area contributed by atoms with Crippen LogP contribution in [0.1, 0.15) is 19.7 Å². The first-order valence-corrected chi connectivity index (χ1v) is 8.12. The summed E-state index contributed by atoms with van der Waals surface area (Å²) >= 11 is 0. The van der Waals surface area contributed by atoms with E-state index in [1.165, 1.54) is 4.31 Å². The normalized spacial score (nSPS) is 25.0. The maximum atomic E-state index is 12.7. The van der Waals surface area contributed by atoms with E-state index >= 15 is 0 Å². The molecule has 1 fully saturated rings. The average molecular weight is 303 g/mol. The van der Waals surface area contributed by atoms with Gasteiger partial charge < -0.3 is 14.4 Å². The molecule has 2 heterocycles. The summed E-state index contributed by atoms with van der Waals surface area (Å²) in [5.41, 5.74) is 0. The predicted molar refractivity (Wildman–Crippen MR) is 72.8 cm³/mol. The highest BCUT2D eigenvalue weighted by molar-refractivity contribution is 7.89. The summed E-state index contributed by atoms with van der Waals surface area (Å²) in [6.07, 6.45) is 1.08. The standard InChI is InChI=1S/C12H21N3O4S/c1-4-14-6-12(13-10(14)3)20(17,18)15-5-11(7-16)19-8-9(15)2/h6,9,11,16H,4-5,7-8H2,1-3H3. The van der Waals surface area contributed by atoms with E-state index in [1.807, 2.05) is 6.92 Å². The van der Waals surface area contributed by atoms with Crippen molar-refractivity contribution in [1.82, 2.24) is 13.9 Å². The van der Waals surface area contributed by atoms with Crippen molar-refractivity contribution in [2.24, 2.45) is 0 Å². The lowest BCUT2D eigenvalue weighted by molar-refractivity contribution is -0.0516. The first kappa shape index (κ1) is 15.4. The van der Waals surface area contributed by atoms with Crippen LogP contribution in [0.4, 0.5) is 0 Å². The molecule has 8 heteroatoms. The number of aromatic nitrogens is 2. The van der Waals surface area contributed by atoms with Gasteiger partial charge in [-0.3, -0.25) is 0 Å². The van der Waals surface area contributed by atoms with Crippen molar-refractivity contribution in [2.75, 3.05) is 19.8 Å². The van der Waals surface area contributed by atoms with Crippen LogP contribution in [-0.4, -0.2) is 59.3 Å². The summed E-state index contributed by atoms with van der Waals surface area (Å²) in [4.78, 5) is 4.14. The highest BCUT2D eigenvalue weighted by Gasteiger charge is 2.36. The van der Waals surface area contributed by atoms with Crippen LogP contribution in [-0.2, 0) is 21.3 Å². The van der Waals surface area contributed by atoms with Crippen molar-refractivity contribution in [3.8, 4) is 0 Å². The molecule has 0 aliphatic carbocycles. The summed E-state index contributed by atoms with van der Waals surface area (Å²) in [6.45, 7) is 6.41. The highest BCUT2D eigenvalue weighted by atomic mass is 32.2. The van der Waals surface area contributed by atoms with Gasteiger partial charge in [0, 0.05) is 25.3 Å². The van der Waals surface area contributed by atoms with Crippen molar-refractivity contribution in [1.29, 1.82) is 0 Å². The Kier molecular flexibility index (Phi) is 4.48. The smallest absolute Gasteiger partial charge is 0.262 e. The number of morpholine rings is 1. The highest BCUT2D eigenvalue weighted by Crippen LogP contribution is 2.22. The number of aryl methyl sites for hydroxylation is 2. The summed E-state index contributed by atoms with van der Waals surface area (Å²) in [7, 11) is -3.66. The van der Waals surface area contributed by atoms with Gasteiger partial charge in [0.2, 0.25) is 0 Å². The predicted octanol–water partition coefficient (Wildman–Crippen LogP) is -0.0183. The van der Waals surface area contributed by atoms with E-state index in [4.69, 9.17) is 9.84 Å². The van der Waals surface area contributed by atoms with Gasteiger partial charge in [0.05, 0.1) is 19.3 Å². The SMILES string of the molecule is CCn1cc(S(=O)(=O)N2CC(CO)OCC2C)nc1C. The Balaban J connectivity index is 2.32. The zero-order valence-corrected chi connectivity index (χ0v) is 12.8. The number of hydrogen-bond donors (Lipinski definition) is 1. The van der Waals surface area contributed by atoms with Crippen LogP contribution in [0.3, 0.4) is 0 Å². The third-order valence-corrected chi connectivity index (χ3v) is 5.37. The molecule has 1 N–H and O–H groups in total. The number of imidazole rings is 1. The summed E-state index contributed by atoms with van der Waals surface area (Å²) in [6, 6.07) is -0.269. The minimum absolute atomic E-state index is 0.0577. The van der Waals surface area contributed by atoms with Crippen molar-refractivity contribution in [3.63, 3.8) is 0 Å². The minimum Gasteiger partial charge on any atom is -0.394 e. The van der Waals surface area contributed by atoms with Gasteiger partial charge in [0.1, 0.15) is 5.82 Å². The van der Waals surface area contributed by atoms with Gasteiger partial charge in [-0.25, -0.2) is 13.4 Å². The van der Waals surface area contributed by atoms with Crippen LogP contribution < -0.4 is 0 Å². The first-order valence-electron chi connectivity index (χ1n) is 6.68. The minimum atomic E-state index is -3.66. The summed E-state index contributed by atoms with van der Waals surface area (Å²) in [5.74, 6) is 0.672. The molecule has 7 nitrogen and oxygen atoms in total. The van der Waals surface area contributed by atoms with E-state index in [-0.39, 0.29) is 30.8 Å². The molecule has 1 aliphatic heterocycles. The third-order valence-electron chi connectivity index (χ3n) is 3.52. The molecule has 2 atom stereocenters. The van der Waals surface area contributed by atoms with Gasteiger partial charge in [-0.1, -0.05) is 0 Å². The van der Waals surface area contributed by atoms with Gasteiger partial charge in [0.25, 0.3) is 10.0 Å². The number of aliphatic hydroxyl groups excluding tert-OH is 1. The second kappa shape index (κ2) is 5.80. The second-order valence-electron chi connectivity index (χ2n) is 4.97. The van der Waals surface area contributed by atoms with Gasteiger partial charge in [0.15, 0.2) is 5.03 Å². The molecule has 0 aromatic carbocycles. The first-order chi connectivity index (χ1) is 9.40. The number of aliphatic hydroxyl groups is 1. The summed E-state index contributed by atoms with van der Waals surface area (Å²) in [5, 5.41) is 9.21. The molecule has 0 amide bonds. The zero-order valence-electron chi connectivity index (χ0n) is 12.0. The molecule has 2 rings (SSSR count). The monoisotopic (exact) mass is 303 g/mol. The molecule has 1 aromatic rings. The fourth-order valence-corrected chi connectivity index (χ4v) is 3.93.